The highest BCUT2D eigenvalue weighted by Crippen LogP contribution is 2.26. The van der Waals surface area contributed by atoms with Crippen molar-refractivity contribution >= 4 is 0 Å². The molecular formula is C13H25NO. The van der Waals surface area contributed by atoms with Crippen molar-refractivity contribution in [2.75, 3.05) is 26.7 Å². The van der Waals surface area contributed by atoms with Crippen molar-refractivity contribution in [1.82, 2.24) is 4.90 Å². The molecule has 2 fully saturated rings. The monoisotopic (exact) mass is 211 g/mol. The van der Waals surface area contributed by atoms with Crippen LogP contribution in [0.1, 0.15) is 44.9 Å². The number of hydrogen-bond donors (Lipinski definition) is 0. The Balaban J connectivity index is 1.95. The molecule has 2 aliphatic rings. The second-order valence-corrected chi connectivity index (χ2v) is 5.28. The number of ether oxygens (including phenoxy) is 1. The van der Waals surface area contributed by atoms with Gasteiger partial charge < -0.3 is 9.64 Å². The third kappa shape index (κ3) is 3.46. The van der Waals surface area contributed by atoms with Gasteiger partial charge in [0.15, 0.2) is 0 Å². The standard InChI is InChI=1S/C13H25NO/c1-14-9-10-15-13-8-6-4-2-3-5-7-12(13)11-14/h12-13H,2-11H2,1H3. The first-order chi connectivity index (χ1) is 7.36. The Morgan fingerprint density at radius 1 is 1.00 bits per heavy atom. The molecule has 2 rings (SSSR count). The lowest BCUT2D eigenvalue weighted by atomic mass is 9.93. The normalized spacial score (nSPS) is 35.8. The molecule has 0 aromatic carbocycles. The second-order valence-electron chi connectivity index (χ2n) is 5.28. The summed E-state index contributed by atoms with van der Waals surface area (Å²) in [6, 6.07) is 0. The fourth-order valence-corrected chi connectivity index (χ4v) is 2.98. The number of fused-ring (bicyclic) bond motifs is 1. The van der Waals surface area contributed by atoms with Crippen LogP contribution in [-0.2, 0) is 4.74 Å². The maximum atomic E-state index is 6.03. The van der Waals surface area contributed by atoms with Crippen LogP contribution in [0, 0.1) is 5.92 Å². The molecule has 2 nitrogen and oxygen atoms in total. The zero-order valence-electron chi connectivity index (χ0n) is 10.1. The Hall–Kier alpha value is -0.0800. The van der Waals surface area contributed by atoms with Gasteiger partial charge in [-0.1, -0.05) is 32.1 Å². The van der Waals surface area contributed by atoms with Crippen molar-refractivity contribution in [3.05, 3.63) is 0 Å². The van der Waals surface area contributed by atoms with Gasteiger partial charge in [0, 0.05) is 13.1 Å². The Bertz CT molecular complexity index is 183. The lowest BCUT2D eigenvalue weighted by Crippen LogP contribution is -2.30. The highest BCUT2D eigenvalue weighted by molar-refractivity contribution is 4.77. The number of hydrogen-bond acceptors (Lipinski definition) is 2. The summed E-state index contributed by atoms with van der Waals surface area (Å²) in [5.74, 6) is 0.801. The third-order valence-corrected chi connectivity index (χ3v) is 3.94. The van der Waals surface area contributed by atoms with Crippen molar-refractivity contribution in [3.63, 3.8) is 0 Å². The van der Waals surface area contributed by atoms with E-state index >= 15 is 0 Å². The lowest BCUT2D eigenvalue weighted by Gasteiger charge is -2.25. The first kappa shape index (κ1) is 11.4. The Kier molecular flexibility index (Phi) is 4.45. The summed E-state index contributed by atoms with van der Waals surface area (Å²) in [6.07, 6.45) is 10.3. The van der Waals surface area contributed by atoms with Gasteiger partial charge in [-0.25, -0.2) is 0 Å². The van der Waals surface area contributed by atoms with Crippen LogP contribution in [0.5, 0.6) is 0 Å². The topological polar surface area (TPSA) is 12.5 Å². The summed E-state index contributed by atoms with van der Waals surface area (Å²) in [6.45, 7) is 3.31. The molecule has 0 aromatic rings. The molecular weight excluding hydrogens is 186 g/mol. The zero-order valence-corrected chi connectivity index (χ0v) is 10.1. The Labute approximate surface area is 94.0 Å². The van der Waals surface area contributed by atoms with E-state index in [4.69, 9.17) is 4.74 Å². The zero-order chi connectivity index (χ0) is 10.5. The molecule has 0 aromatic heterocycles. The number of likely N-dealkylation sites (N-methyl/N-ethyl adjacent to an activating group) is 1. The van der Waals surface area contributed by atoms with Crippen LogP contribution in [0.15, 0.2) is 0 Å². The molecule has 0 bridgehead atoms. The Morgan fingerprint density at radius 3 is 2.60 bits per heavy atom. The van der Waals surface area contributed by atoms with E-state index in [0.29, 0.717) is 6.10 Å². The molecule has 2 unspecified atom stereocenters. The van der Waals surface area contributed by atoms with Crippen molar-refractivity contribution in [3.8, 4) is 0 Å². The first-order valence-electron chi connectivity index (χ1n) is 6.66. The van der Waals surface area contributed by atoms with Crippen molar-refractivity contribution in [1.29, 1.82) is 0 Å². The highest BCUT2D eigenvalue weighted by Gasteiger charge is 2.26. The van der Waals surface area contributed by atoms with E-state index in [-0.39, 0.29) is 0 Å². The number of rotatable bonds is 0. The smallest absolute Gasteiger partial charge is 0.0616 e. The summed E-state index contributed by atoms with van der Waals surface area (Å²) < 4.78 is 6.03. The predicted molar refractivity (Wildman–Crippen MR) is 63.0 cm³/mol. The molecule has 88 valence electrons. The third-order valence-electron chi connectivity index (χ3n) is 3.94. The SMILES string of the molecule is CN1CCOC2CCCCCCCC2C1. The van der Waals surface area contributed by atoms with Crippen LogP contribution in [0.4, 0.5) is 0 Å². The summed E-state index contributed by atoms with van der Waals surface area (Å²) >= 11 is 0. The molecule has 0 spiro atoms. The van der Waals surface area contributed by atoms with Crippen molar-refractivity contribution in [2.24, 2.45) is 5.92 Å². The van der Waals surface area contributed by atoms with Gasteiger partial charge in [0.1, 0.15) is 0 Å². The van der Waals surface area contributed by atoms with Crippen LogP contribution >= 0.6 is 0 Å². The summed E-state index contributed by atoms with van der Waals surface area (Å²) in [4.78, 5) is 2.45. The van der Waals surface area contributed by atoms with Gasteiger partial charge in [-0.3, -0.25) is 0 Å². The van der Waals surface area contributed by atoms with Crippen LogP contribution in [-0.4, -0.2) is 37.7 Å². The van der Waals surface area contributed by atoms with Gasteiger partial charge in [-0.05, 0) is 25.8 Å². The van der Waals surface area contributed by atoms with Gasteiger partial charge in [-0.15, -0.1) is 0 Å². The van der Waals surface area contributed by atoms with Gasteiger partial charge >= 0.3 is 0 Å². The maximum Gasteiger partial charge on any atom is 0.0616 e. The highest BCUT2D eigenvalue weighted by atomic mass is 16.5. The van der Waals surface area contributed by atoms with E-state index in [0.717, 1.165) is 19.1 Å². The van der Waals surface area contributed by atoms with Gasteiger partial charge in [0.2, 0.25) is 0 Å². The van der Waals surface area contributed by atoms with E-state index < -0.39 is 0 Å². The summed E-state index contributed by atoms with van der Waals surface area (Å²) in [7, 11) is 2.23. The molecule has 2 atom stereocenters. The molecule has 0 N–H and O–H groups in total. The van der Waals surface area contributed by atoms with Crippen molar-refractivity contribution in [2.45, 2.75) is 51.0 Å². The maximum absolute atomic E-state index is 6.03. The van der Waals surface area contributed by atoms with Gasteiger partial charge in [0.05, 0.1) is 12.7 Å². The first-order valence-corrected chi connectivity index (χ1v) is 6.66. The van der Waals surface area contributed by atoms with Crippen molar-refractivity contribution < 1.29 is 4.74 Å². The van der Waals surface area contributed by atoms with E-state index in [2.05, 4.69) is 11.9 Å². The van der Waals surface area contributed by atoms with E-state index in [9.17, 15) is 0 Å². The lowest BCUT2D eigenvalue weighted by molar-refractivity contribution is 0.0226. The molecule has 0 amide bonds. The van der Waals surface area contributed by atoms with E-state index in [1.807, 2.05) is 0 Å². The Morgan fingerprint density at radius 2 is 1.73 bits per heavy atom. The van der Waals surface area contributed by atoms with Crippen LogP contribution in [0.2, 0.25) is 0 Å². The van der Waals surface area contributed by atoms with Crippen LogP contribution in [0.25, 0.3) is 0 Å². The molecule has 0 radical (unpaired) electrons. The largest absolute Gasteiger partial charge is 0.377 e. The average molecular weight is 211 g/mol. The van der Waals surface area contributed by atoms with Gasteiger partial charge in [-0.2, -0.15) is 0 Å². The van der Waals surface area contributed by atoms with Crippen LogP contribution in [0.3, 0.4) is 0 Å². The molecule has 1 aliphatic carbocycles. The second kappa shape index (κ2) is 5.86. The fourth-order valence-electron chi connectivity index (χ4n) is 2.98. The molecule has 1 heterocycles. The predicted octanol–water partition coefficient (Wildman–Crippen LogP) is 2.68. The fraction of sp³-hybridized carbons (Fsp3) is 1.00. The minimum absolute atomic E-state index is 0.563. The molecule has 1 saturated carbocycles. The minimum atomic E-state index is 0.563. The van der Waals surface area contributed by atoms with E-state index in [1.54, 1.807) is 0 Å². The summed E-state index contributed by atoms with van der Waals surface area (Å²) in [5, 5.41) is 0. The van der Waals surface area contributed by atoms with Crippen LogP contribution < -0.4 is 0 Å². The molecule has 1 saturated heterocycles. The molecule has 2 heteroatoms. The number of nitrogens with zero attached hydrogens (tertiary/aromatic N) is 1. The summed E-state index contributed by atoms with van der Waals surface area (Å²) in [5.41, 5.74) is 0. The molecule has 1 aliphatic heterocycles. The van der Waals surface area contributed by atoms with E-state index in [1.165, 1.54) is 51.5 Å². The average Bonchev–Trinajstić information content (AvgIpc) is 2.33. The van der Waals surface area contributed by atoms with Gasteiger partial charge in [0.25, 0.3) is 0 Å². The molecule has 15 heavy (non-hydrogen) atoms. The minimum Gasteiger partial charge on any atom is -0.377 e. The quantitative estimate of drug-likeness (QED) is 0.611.